The van der Waals surface area contributed by atoms with Gasteiger partial charge in [-0.05, 0) is 6.92 Å². The van der Waals surface area contributed by atoms with E-state index in [9.17, 15) is 4.79 Å². The highest BCUT2D eigenvalue weighted by atomic mass is 32.1. The third-order valence-electron chi connectivity index (χ3n) is 2.35. The predicted molar refractivity (Wildman–Crippen MR) is 68.5 cm³/mol. The molecular formula is C11H15N5OS. The highest BCUT2D eigenvalue weighted by Gasteiger charge is 2.13. The first kappa shape index (κ1) is 12.7. The molecule has 0 aliphatic rings. The van der Waals surface area contributed by atoms with E-state index in [-0.39, 0.29) is 17.6 Å². The third kappa shape index (κ3) is 2.92. The number of rotatable bonds is 4. The Morgan fingerprint density at radius 3 is 2.83 bits per heavy atom. The molecule has 7 heteroatoms. The summed E-state index contributed by atoms with van der Waals surface area (Å²) in [6, 6.07) is 0. The van der Waals surface area contributed by atoms with Crippen molar-refractivity contribution < 1.29 is 4.79 Å². The maximum Gasteiger partial charge on any atom is 0.291 e. The van der Waals surface area contributed by atoms with Crippen molar-refractivity contribution in [1.29, 1.82) is 0 Å². The minimum atomic E-state index is -0.288. The molecule has 96 valence electrons. The van der Waals surface area contributed by atoms with E-state index >= 15 is 0 Å². The van der Waals surface area contributed by atoms with Crippen molar-refractivity contribution in [1.82, 2.24) is 25.5 Å². The van der Waals surface area contributed by atoms with Crippen molar-refractivity contribution in [2.45, 2.75) is 33.2 Å². The van der Waals surface area contributed by atoms with Crippen LogP contribution in [-0.4, -0.2) is 26.1 Å². The number of nitrogens with one attached hydrogen (secondary N) is 2. The van der Waals surface area contributed by atoms with Crippen LogP contribution < -0.4 is 5.32 Å². The fraction of sp³-hybridized carbons (Fsp3) is 0.455. The first-order valence-corrected chi connectivity index (χ1v) is 6.55. The number of hydrogen-bond acceptors (Lipinski definition) is 5. The smallest absolute Gasteiger partial charge is 0.291 e. The maximum absolute atomic E-state index is 11.8. The Hall–Kier alpha value is -1.76. The first-order chi connectivity index (χ1) is 8.56. The molecule has 2 aromatic rings. The van der Waals surface area contributed by atoms with Crippen LogP contribution in [0.2, 0.25) is 0 Å². The molecule has 0 spiro atoms. The molecule has 1 amide bonds. The number of aryl methyl sites for hydroxylation is 1. The normalized spacial score (nSPS) is 10.9. The summed E-state index contributed by atoms with van der Waals surface area (Å²) in [5.41, 5.74) is 0.852. The standard InChI is InChI=1S/C11H15N5OS/c1-6(2)9-14-10(16-15-9)11(17)12-4-8-5-18-7(3)13-8/h5-6H,4H2,1-3H3,(H,12,17)(H,14,15,16). The van der Waals surface area contributed by atoms with Gasteiger partial charge in [0, 0.05) is 11.3 Å². The Labute approximate surface area is 109 Å². The van der Waals surface area contributed by atoms with E-state index in [2.05, 4.69) is 25.5 Å². The van der Waals surface area contributed by atoms with Gasteiger partial charge in [-0.1, -0.05) is 13.8 Å². The van der Waals surface area contributed by atoms with Gasteiger partial charge in [0.2, 0.25) is 5.82 Å². The third-order valence-corrected chi connectivity index (χ3v) is 3.17. The monoisotopic (exact) mass is 265 g/mol. The minimum Gasteiger partial charge on any atom is -0.344 e. The van der Waals surface area contributed by atoms with E-state index in [1.165, 1.54) is 0 Å². The van der Waals surface area contributed by atoms with Gasteiger partial charge >= 0.3 is 0 Å². The van der Waals surface area contributed by atoms with E-state index in [1.807, 2.05) is 26.2 Å². The van der Waals surface area contributed by atoms with Crippen LogP contribution in [0.5, 0.6) is 0 Å². The molecule has 6 nitrogen and oxygen atoms in total. The van der Waals surface area contributed by atoms with E-state index in [0.717, 1.165) is 10.7 Å². The SMILES string of the molecule is Cc1nc(CNC(=O)c2n[nH]c(C(C)C)n2)cs1. The van der Waals surface area contributed by atoms with Crippen LogP contribution in [0.4, 0.5) is 0 Å². The summed E-state index contributed by atoms with van der Waals surface area (Å²) in [5, 5.41) is 12.3. The molecule has 0 saturated heterocycles. The lowest BCUT2D eigenvalue weighted by Gasteiger charge is -1.99. The summed E-state index contributed by atoms with van der Waals surface area (Å²) >= 11 is 1.56. The van der Waals surface area contributed by atoms with Crippen molar-refractivity contribution in [2.75, 3.05) is 0 Å². The van der Waals surface area contributed by atoms with Crippen molar-refractivity contribution in [2.24, 2.45) is 0 Å². The van der Waals surface area contributed by atoms with Gasteiger partial charge in [-0.2, -0.15) is 0 Å². The Balaban J connectivity index is 1.95. The van der Waals surface area contributed by atoms with Crippen molar-refractivity contribution in [3.8, 4) is 0 Å². The largest absolute Gasteiger partial charge is 0.344 e. The van der Waals surface area contributed by atoms with Crippen LogP contribution >= 0.6 is 11.3 Å². The molecule has 2 rings (SSSR count). The number of aromatic amines is 1. The lowest BCUT2D eigenvalue weighted by atomic mass is 10.2. The highest BCUT2D eigenvalue weighted by Crippen LogP contribution is 2.09. The molecule has 0 aliphatic heterocycles. The van der Waals surface area contributed by atoms with E-state index in [4.69, 9.17) is 0 Å². The lowest BCUT2D eigenvalue weighted by molar-refractivity contribution is 0.0940. The molecule has 0 bridgehead atoms. The number of nitrogens with zero attached hydrogens (tertiary/aromatic N) is 3. The molecule has 0 saturated carbocycles. The van der Waals surface area contributed by atoms with Crippen molar-refractivity contribution in [3.63, 3.8) is 0 Å². The number of carbonyl (C=O) groups is 1. The zero-order valence-electron chi connectivity index (χ0n) is 10.5. The van der Waals surface area contributed by atoms with E-state index in [1.54, 1.807) is 11.3 Å². The number of H-pyrrole nitrogens is 1. The van der Waals surface area contributed by atoms with Crippen LogP contribution in [0, 0.1) is 6.92 Å². The Kier molecular flexibility index (Phi) is 3.71. The molecule has 2 aromatic heterocycles. The van der Waals surface area contributed by atoms with Gasteiger partial charge in [0.1, 0.15) is 5.82 Å². The van der Waals surface area contributed by atoms with Crippen molar-refractivity contribution in [3.05, 3.63) is 27.7 Å². The molecule has 18 heavy (non-hydrogen) atoms. The van der Waals surface area contributed by atoms with Gasteiger partial charge in [-0.15, -0.1) is 16.4 Å². The van der Waals surface area contributed by atoms with Crippen LogP contribution in [0.3, 0.4) is 0 Å². The fourth-order valence-electron chi connectivity index (χ4n) is 1.37. The molecule has 0 fully saturated rings. The van der Waals surface area contributed by atoms with Gasteiger partial charge in [-0.3, -0.25) is 9.89 Å². The molecule has 0 aliphatic carbocycles. The molecular weight excluding hydrogens is 250 g/mol. The number of hydrogen-bond donors (Lipinski definition) is 2. The lowest BCUT2D eigenvalue weighted by Crippen LogP contribution is -2.24. The fourth-order valence-corrected chi connectivity index (χ4v) is 1.99. The molecule has 2 N–H and O–H groups in total. The quantitative estimate of drug-likeness (QED) is 0.880. The van der Waals surface area contributed by atoms with E-state index < -0.39 is 0 Å². The average molecular weight is 265 g/mol. The predicted octanol–water partition coefficient (Wildman–Crippen LogP) is 1.62. The number of carbonyl (C=O) groups excluding carboxylic acids is 1. The molecule has 0 unspecified atom stereocenters. The molecule has 0 atom stereocenters. The highest BCUT2D eigenvalue weighted by molar-refractivity contribution is 7.09. The molecule has 2 heterocycles. The minimum absolute atomic E-state index is 0.172. The summed E-state index contributed by atoms with van der Waals surface area (Å²) < 4.78 is 0. The molecule has 0 aromatic carbocycles. The Bertz CT molecular complexity index is 545. The Morgan fingerprint density at radius 1 is 1.50 bits per heavy atom. The van der Waals surface area contributed by atoms with Crippen LogP contribution in [0.25, 0.3) is 0 Å². The second-order valence-electron chi connectivity index (χ2n) is 4.24. The van der Waals surface area contributed by atoms with Crippen LogP contribution in [-0.2, 0) is 6.54 Å². The second-order valence-corrected chi connectivity index (χ2v) is 5.30. The van der Waals surface area contributed by atoms with Crippen LogP contribution in [0.15, 0.2) is 5.38 Å². The summed E-state index contributed by atoms with van der Waals surface area (Å²) in [5.74, 6) is 0.819. The summed E-state index contributed by atoms with van der Waals surface area (Å²) in [6.07, 6.45) is 0. The van der Waals surface area contributed by atoms with Gasteiger partial charge < -0.3 is 5.32 Å². The maximum atomic E-state index is 11.8. The van der Waals surface area contributed by atoms with Gasteiger partial charge in [0.05, 0.1) is 17.2 Å². The summed E-state index contributed by atoms with van der Waals surface area (Å²) in [6.45, 7) is 6.30. The summed E-state index contributed by atoms with van der Waals surface area (Å²) in [7, 11) is 0. The first-order valence-electron chi connectivity index (χ1n) is 5.67. The Morgan fingerprint density at radius 2 is 2.28 bits per heavy atom. The number of thiazole rings is 1. The van der Waals surface area contributed by atoms with Gasteiger partial charge in [-0.25, -0.2) is 9.97 Å². The zero-order chi connectivity index (χ0) is 13.1. The van der Waals surface area contributed by atoms with Gasteiger partial charge in [0.25, 0.3) is 5.91 Å². The average Bonchev–Trinajstić information content (AvgIpc) is 2.94. The number of amides is 1. The second kappa shape index (κ2) is 5.26. The summed E-state index contributed by atoms with van der Waals surface area (Å²) in [4.78, 5) is 20.2. The topological polar surface area (TPSA) is 83.6 Å². The van der Waals surface area contributed by atoms with Crippen molar-refractivity contribution >= 4 is 17.2 Å². The van der Waals surface area contributed by atoms with E-state index in [0.29, 0.717) is 12.4 Å². The molecule has 0 radical (unpaired) electrons. The zero-order valence-corrected chi connectivity index (χ0v) is 11.3. The van der Waals surface area contributed by atoms with Crippen LogP contribution in [0.1, 0.15) is 46.9 Å². The van der Waals surface area contributed by atoms with Gasteiger partial charge in [0.15, 0.2) is 0 Å². The number of aromatic nitrogens is 4.